The van der Waals surface area contributed by atoms with E-state index in [9.17, 15) is 9.59 Å². The van der Waals surface area contributed by atoms with E-state index < -0.39 is 0 Å². The van der Waals surface area contributed by atoms with Crippen LogP contribution >= 0.6 is 0 Å². The lowest BCUT2D eigenvalue weighted by molar-refractivity contribution is -0.122. The van der Waals surface area contributed by atoms with Crippen molar-refractivity contribution in [2.75, 3.05) is 6.54 Å². The number of rotatable bonds is 2. The van der Waals surface area contributed by atoms with Crippen LogP contribution in [0.15, 0.2) is 30.4 Å². The molecule has 96 valence electrons. The quantitative estimate of drug-likeness (QED) is 0.631. The van der Waals surface area contributed by atoms with Crippen LogP contribution in [0, 0.1) is 0 Å². The largest absolute Gasteiger partial charge is 0.360 e. The lowest BCUT2D eigenvalue weighted by Crippen LogP contribution is -2.30. The monoisotopic (exact) mass is 256 g/mol. The number of carbonyl (C=O) groups excluding carboxylic acids is 2. The highest BCUT2D eigenvalue weighted by molar-refractivity contribution is 6.14. The van der Waals surface area contributed by atoms with E-state index in [1.165, 1.54) is 4.90 Å². The molecular weight excluding hydrogens is 244 g/mol. The molecule has 1 aliphatic rings. The summed E-state index contributed by atoms with van der Waals surface area (Å²) in [6.45, 7) is 2.12. The van der Waals surface area contributed by atoms with Crippen molar-refractivity contribution >= 4 is 28.9 Å². The molecule has 19 heavy (non-hydrogen) atoms. The molecule has 1 aliphatic heterocycles. The molecule has 3 amide bonds. The molecule has 2 aromatic rings. The lowest BCUT2D eigenvalue weighted by Gasteiger charge is -2.05. The molecule has 1 saturated heterocycles. The number of carbonyl (C=O) groups is 2. The number of imide groups is 1. The van der Waals surface area contributed by atoms with E-state index in [1.807, 2.05) is 6.07 Å². The number of aromatic amines is 1. The van der Waals surface area contributed by atoms with Crippen LogP contribution in [0.5, 0.6) is 0 Å². The molecule has 6 nitrogen and oxygen atoms in total. The maximum absolute atomic E-state index is 12.0. The van der Waals surface area contributed by atoms with Gasteiger partial charge in [0.25, 0.3) is 5.91 Å². The zero-order valence-corrected chi connectivity index (χ0v) is 10.3. The normalized spacial score (nSPS) is 17.5. The number of H-pyrrole nitrogens is 1. The zero-order chi connectivity index (χ0) is 13.4. The minimum absolute atomic E-state index is 0.289. The van der Waals surface area contributed by atoms with Crippen LogP contribution < -0.4 is 5.32 Å². The molecule has 0 unspecified atom stereocenters. The number of likely N-dealkylation sites (N-methyl/N-ethyl adjacent to an activating group) is 1. The summed E-state index contributed by atoms with van der Waals surface area (Å²) in [6, 6.07) is 1.47. The fourth-order valence-corrected chi connectivity index (χ4v) is 2.12. The minimum atomic E-state index is -0.378. The van der Waals surface area contributed by atoms with Crippen LogP contribution in [0.2, 0.25) is 0 Å². The first-order valence-electron chi connectivity index (χ1n) is 5.96. The summed E-state index contributed by atoms with van der Waals surface area (Å²) in [5.74, 6) is -0.300. The van der Waals surface area contributed by atoms with E-state index in [0.717, 1.165) is 16.5 Å². The first-order valence-corrected chi connectivity index (χ1v) is 5.96. The fraction of sp³-hybridized carbons (Fsp3) is 0.154. The fourth-order valence-electron chi connectivity index (χ4n) is 2.12. The van der Waals surface area contributed by atoms with Crippen LogP contribution in [0.25, 0.3) is 17.0 Å². The average Bonchev–Trinajstić information content (AvgIpc) is 2.93. The molecule has 0 aromatic carbocycles. The van der Waals surface area contributed by atoms with Crippen molar-refractivity contribution in [1.82, 2.24) is 20.2 Å². The van der Waals surface area contributed by atoms with E-state index in [1.54, 1.807) is 31.6 Å². The van der Waals surface area contributed by atoms with E-state index in [2.05, 4.69) is 15.3 Å². The minimum Gasteiger partial charge on any atom is -0.360 e. The van der Waals surface area contributed by atoms with Crippen LogP contribution in [-0.4, -0.2) is 33.4 Å². The Morgan fingerprint density at radius 1 is 1.42 bits per heavy atom. The van der Waals surface area contributed by atoms with Crippen molar-refractivity contribution in [3.05, 3.63) is 35.9 Å². The van der Waals surface area contributed by atoms with Gasteiger partial charge in [-0.3, -0.25) is 14.7 Å². The summed E-state index contributed by atoms with van der Waals surface area (Å²) >= 11 is 0. The van der Waals surface area contributed by atoms with Crippen molar-refractivity contribution in [3.8, 4) is 0 Å². The van der Waals surface area contributed by atoms with Crippen molar-refractivity contribution in [1.29, 1.82) is 0 Å². The molecule has 0 spiro atoms. The molecule has 1 fully saturated rings. The van der Waals surface area contributed by atoms with Crippen molar-refractivity contribution in [2.45, 2.75) is 6.92 Å². The molecular formula is C13H12N4O2. The molecule has 0 radical (unpaired) electrons. The van der Waals surface area contributed by atoms with E-state index in [-0.39, 0.29) is 17.6 Å². The highest BCUT2D eigenvalue weighted by Gasteiger charge is 2.32. The standard InChI is InChI=1S/C13H12N4O2/c1-2-17-12(18)11(16-13(17)19)5-8-6-15-10-3-4-14-7-9(8)10/h3-7,15H,2H2,1H3,(H,16,19)/b11-5-. The summed E-state index contributed by atoms with van der Waals surface area (Å²) in [4.78, 5) is 31.8. The number of nitrogens with zero attached hydrogens (tertiary/aromatic N) is 2. The van der Waals surface area contributed by atoms with Gasteiger partial charge in [-0.1, -0.05) is 0 Å². The van der Waals surface area contributed by atoms with E-state index in [0.29, 0.717) is 6.54 Å². The summed E-state index contributed by atoms with van der Waals surface area (Å²) in [5, 5.41) is 3.48. The third kappa shape index (κ3) is 1.77. The summed E-state index contributed by atoms with van der Waals surface area (Å²) in [6.07, 6.45) is 6.86. The molecule has 0 saturated carbocycles. The Bertz CT molecular complexity index is 701. The van der Waals surface area contributed by atoms with Crippen LogP contribution in [-0.2, 0) is 4.79 Å². The third-order valence-electron chi connectivity index (χ3n) is 3.09. The average molecular weight is 256 g/mol. The predicted molar refractivity (Wildman–Crippen MR) is 70.0 cm³/mol. The second-order valence-electron chi connectivity index (χ2n) is 4.20. The summed E-state index contributed by atoms with van der Waals surface area (Å²) in [7, 11) is 0. The number of amides is 3. The third-order valence-corrected chi connectivity index (χ3v) is 3.09. The Balaban J connectivity index is 2.03. The van der Waals surface area contributed by atoms with Gasteiger partial charge >= 0.3 is 6.03 Å². The number of nitrogens with one attached hydrogen (secondary N) is 2. The van der Waals surface area contributed by atoms with Crippen molar-refractivity contribution in [2.24, 2.45) is 0 Å². The second kappa shape index (κ2) is 4.24. The highest BCUT2D eigenvalue weighted by atomic mass is 16.2. The second-order valence-corrected chi connectivity index (χ2v) is 4.20. The zero-order valence-electron chi connectivity index (χ0n) is 10.3. The van der Waals surface area contributed by atoms with E-state index >= 15 is 0 Å². The van der Waals surface area contributed by atoms with Crippen LogP contribution in [0.4, 0.5) is 4.79 Å². The lowest BCUT2D eigenvalue weighted by atomic mass is 10.2. The van der Waals surface area contributed by atoms with Gasteiger partial charge in [-0.25, -0.2) is 4.79 Å². The number of aromatic nitrogens is 2. The van der Waals surface area contributed by atoms with Crippen LogP contribution in [0.1, 0.15) is 12.5 Å². The van der Waals surface area contributed by atoms with Crippen molar-refractivity contribution < 1.29 is 9.59 Å². The number of urea groups is 1. The Hall–Kier alpha value is -2.63. The van der Waals surface area contributed by atoms with Gasteiger partial charge < -0.3 is 10.3 Å². The number of fused-ring (bicyclic) bond motifs is 1. The van der Waals surface area contributed by atoms with Crippen molar-refractivity contribution in [3.63, 3.8) is 0 Å². The van der Waals surface area contributed by atoms with E-state index in [4.69, 9.17) is 0 Å². The molecule has 6 heteroatoms. The Kier molecular flexibility index (Phi) is 2.56. The maximum atomic E-state index is 12.0. The Morgan fingerprint density at radius 3 is 3.00 bits per heavy atom. The SMILES string of the molecule is CCN1C(=O)N/C(=C\c2c[nH]c3ccncc23)C1=O. The highest BCUT2D eigenvalue weighted by Crippen LogP contribution is 2.20. The molecule has 0 aliphatic carbocycles. The van der Waals surface area contributed by atoms with Gasteiger partial charge in [-0.05, 0) is 19.1 Å². The first-order chi connectivity index (χ1) is 9.20. The molecule has 2 N–H and O–H groups in total. The molecule has 3 rings (SSSR count). The topological polar surface area (TPSA) is 78.1 Å². The number of hydrogen-bond acceptors (Lipinski definition) is 3. The Morgan fingerprint density at radius 2 is 2.26 bits per heavy atom. The number of hydrogen-bond donors (Lipinski definition) is 2. The van der Waals surface area contributed by atoms with Gasteiger partial charge in [0.15, 0.2) is 0 Å². The van der Waals surface area contributed by atoms with Gasteiger partial charge in [0.05, 0.1) is 0 Å². The van der Waals surface area contributed by atoms with Gasteiger partial charge in [-0.15, -0.1) is 0 Å². The molecule has 2 aromatic heterocycles. The number of pyridine rings is 1. The summed E-state index contributed by atoms with van der Waals surface area (Å²) in [5.41, 5.74) is 2.05. The molecule has 3 heterocycles. The maximum Gasteiger partial charge on any atom is 0.328 e. The smallest absolute Gasteiger partial charge is 0.328 e. The van der Waals surface area contributed by atoms with Gasteiger partial charge in [0.2, 0.25) is 0 Å². The predicted octanol–water partition coefficient (Wildman–Crippen LogP) is 1.48. The molecule has 0 bridgehead atoms. The Labute approximate surface area is 109 Å². The van der Waals surface area contributed by atoms with Gasteiger partial charge in [0.1, 0.15) is 5.70 Å². The molecule has 0 atom stereocenters. The van der Waals surface area contributed by atoms with Crippen LogP contribution in [0.3, 0.4) is 0 Å². The van der Waals surface area contributed by atoms with Gasteiger partial charge in [-0.2, -0.15) is 0 Å². The van der Waals surface area contributed by atoms with Gasteiger partial charge in [0, 0.05) is 41.6 Å². The first kappa shape index (κ1) is 11.5. The summed E-state index contributed by atoms with van der Waals surface area (Å²) < 4.78 is 0.